The van der Waals surface area contributed by atoms with Gasteiger partial charge in [-0.3, -0.25) is 0 Å². The third-order valence-corrected chi connectivity index (χ3v) is 25.2. The van der Waals surface area contributed by atoms with Gasteiger partial charge in [0.05, 0.1) is 0 Å². The van der Waals surface area contributed by atoms with E-state index in [0.717, 1.165) is 0 Å². The van der Waals surface area contributed by atoms with Crippen LogP contribution in [0, 0.1) is 0 Å². The first-order valence-electron chi connectivity index (χ1n) is 39.4. The molecule has 21 aromatic rings. The second-order valence-corrected chi connectivity index (χ2v) is 32.0. The molecule has 0 aromatic heterocycles. The molecule has 0 bridgehead atoms. The van der Waals surface area contributed by atoms with Gasteiger partial charge in [-0.05, 0) is 254 Å². The van der Waals surface area contributed by atoms with E-state index in [1.165, 1.54) is 230 Å². The van der Waals surface area contributed by atoms with Crippen LogP contribution in [0.3, 0.4) is 0 Å². The maximum Gasteiger partial charge on any atom is 0.0165 e. The lowest BCUT2D eigenvalue weighted by molar-refractivity contribution is 0.666. The molecule has 0 amide bonds. The highest BCUT2D eigenvalue weighted by Gasteiger charge is 2.39. The first-order chi connectivity index (χ1) is 55.1. The van der Waals surface area contributed by atoms with E-state index in [1.54, 1.807) is 0 Å². The van der Waals surface area contributed by atoms with E-state index in [4.69, 9.17) is 0 Å². The highest BCUT2D eigenvalue weighted by molar-refractivity contribution is 6.28. The van der Waals surface area contributed by atoms with Gasteiger partial charge in [-0.25, -0.2) is 0 Å². The van der Waals surface area contributed by atoms with Gasteiger partial charge in [0.15, 0.2) is 0 Å². The van der Waals surface area contributed by atoms with Gasteiger partial charge in [-0.1, -0.05) is 392 Å². The predicted molar refractivity (Wildman–Crippen MR) is 481 cm³/mol. The summed E-state index contributed by atoms with van der Waals surface area (Å²) < 4.78 is 0. The summed E-state index contributed by atoms with van der Waals surface area (Å²) in [5, 5.41) is 25.5. The van der Waals surface area contributed by atoms with E-state index in [9.17, 15) is 0 Å². The van der Waals surface area contributed by atoms with Crippen LogP contribution in [-0.4, -0.2) is 0 Å². The average Bonchev–Trinajstić information content (AvgIpc) is 1.23. The Balaban J connectivity index is 0.000000138. The van der Waals surface area contributed by atoms with E-state index in [1.807, 2.05) is 0 Å². The molecule has 0 fully saturated rings. The van der Waals surface area contributed by atoms with Gasteiger partial charge in [-0.2, -0.15) is 0 Å². The Morgan fingerprint density at radius 1 is 0.143 bits per heavy atom. The second-order valence-electron chi connectivity index (χ2n) is 32.0. The molecular formula is C112H76. The number of rotatable bonds is 7. The first kappa shape index (κ1) is 65.3. The van der Waals surface area contributed by atoms with Crippen LogP contribution in [0.5, 0.6) is 0 Å². The molecule has 23 rings (SSSR count). The zero-order valence-corrected chi connectivity index (χ0v) is 63.0. The second kappa shape index (κ2) is 25.4. The first-order valence-corrected chi connectivity index (χ1v) is 39.4. The molecule has 0 saturated heterocycles. The number of benzene rings is 21. The van der Waals surface area contributed by atoms with Crippen LogP contribution >= 0.6 is 0 Å². The van der Waals surface area contributed by atoms with Crippen molar-refractivity contribution in [1.29, 1.82) is 0 Å². The van der Waals surface area contributed by atoms with Crippen molar-refractivity contribution in [2.24, 2.45) is 0 Å². The molecule has 21 aromatic carbocycles. The average molecular weight is 1420 g/mol. The van der Waals surface area contributed by atoms with Gasteiger partial charge in [0.1, 0.15) is 0 Å². The molecule has 0 saturated carbocycles. The summed E-state index contributed by atoms with van der Waals surface area (Å²) in [6.07, 6.45) is 0. The fraction of sp³-hybridized carbons (Fsp3) is 0.0536. The van der Waals surface area contributed by atoms with Gasteiger partial charge in [0.2, 0.25) is 0 Å². The third-order valence-electron chi connectivity index (χ3n) is 25.2. The van der Waals surface area contributed by atoms with Crippen LogP contribution < -0.4 is 0 Å². The van der Waals surface area contributed by atoms with Crippen molar-refractivity contribution in [2.75, 3.05) is 0 Å². The van der Waals surface area contributed by atoms with Crippen LogP contribution in [0.1, 0.15) is 49.9 Å². The molecule has 0 aliphatic heterocycles. The zero-order chi connectivity index (χ0) is 74.5. The molecule has 0 heteroatoms. The van der Waals surface area contributed by atoms with Crippen molar-refractivity contribution in [3.8, 4) is 100 Å². The minimum atomic E-state index is -0.0821. The normalized spacial score (nSPS) is 13.1. The minimum absolute atomic E-state index is 0.0618. The Kier molecular flexibility index (Phi) is 14.8. The molecule has 0 spiro atoms. The molecule has 0 N–H and O–H groups in total. The summed E-state index contributed by atoms with van der Waals surface area (Å²) in [4.78, 5) is 0. The van der Waals surface area contributed by atoms with Gasteiger partial charge in [0, 0.05) is 10.8 Å². The molecule has 2 aliphatic carbocycles. The van der Waals surface area contributed by atoms with E-state index in [-0.39, 0.29) is 10.8 Å². The van der Waals surface area contributed by atoms with Crippen molar-refractivity contribution in [1.82, 2.24) is 0 Å². The maximum atomic E-state index is 2.47. The van der Waals surface area contributed by atoms with Crippen molar-refractivity contribution >= 4 is 108 Å². The Hall–Kier alpha value is -13.8. The highest BCUT2D eigenvalue weighted by Crippen LogP contribution is 2.56. The molecular weight excluding hydrogens is 1350 g/mol. The topological polar surface area (TPSA) is 0 Å². The van der Waals surface area contributed by atoms with Crippen molar-refractivity contribution < 1.29 is 0 Å². The SMILES string of the molecule is CC1(C)c2ccc(-c3ccc(-c4ccc5c(-c6cccc7ccccc67)c6ccccc6c(-c6cccc7ccccc67)c5c4)cc3)cc2-c2ccc3ccccc3c21.CC1(C)c2ccc(-c3ccc4c(-c5cccc6ccccc56)c5ccccc5c(-c5cccc6ccccc56)c4c3)cc2-c2ccc3ccccc3c21. The highest BCUT2D eigenvalue weighted by atomic mass is 14.4. The zero-order valence-electron chi connectivity index (χ0n) is 63.0. The third kappa shape index (κ3) is 10.1. The van der Waals surface area contributed by atoms with E-state index in [2.05, 4.69) is 416 Å². The quantitative estimate of drug-likeness (QED) is 0.140. The minimum Gasteiger partial charge on any atom is -0.0616 e. The smallest absolute Gasteiger partial charge is 0.0165 e. The molecule has 0 heterocycles. The number of fused-ring (bicyclic) bond motifs is 18. The monoisotopic (exact) mass is 1420 g/mol. The van der Waals surface area contributed by atoms with Gasteiger partial charge < -0.3 is 0 Å². The summed E-state index contributed by atoms with van der Waals surface area (Å²) in [6.45, 7) is 9.52. The summed E-state index contributed by atoms with van der Waals surface area (Å²) in [6, 6.07) is 145. The summed E-state index contributed by atoms with van der Waals surface area (Å²) in [7, 11) is 0. The Bertz CT molecular complexity index is 7520. The Morgan fingerprint density at radius 2 is 0.375 bits per heavy atom. The van der Waals surface area contributed by atoms with Gasteiger partial charge >= 0.3 is 0 Å². The van der Waals surface area contributed by atoms with Crippen LogP contribution in [0.2, 0.25) is 0 Å². The Labute approximate surface area is 652 Å². The molecule has 0 radical (unpaired) electrons. The lowest BCUT2D eigenvalue weighted by Crippen LogP contribution is -2.15. The summed E-state index contributed by atoms with van der Waals surface area (Å²) in [5.74, 6) is 0. The fourth-order valence-corrected chi connectivity index (χ4v) is 20.1. The maximum absolute atomic E-state index is 2.47. The largest absolute Gasteiger partial charge is 0.0616 e. The molecule has 112 heavy (non-hydrogen) atoms. The van der Waals surface area contributed by atoms with Crippen LogP contribution in [-0.2, 0) is 10.8 Å². The van der Waals surface area contributed by atoms with E-state index < -0.39 is 0 Å². The molecule has 0 unspecified atom stereocenters. The van der Waals surface area contributed by atoms with Crippen LogP contribution in [0.25, 0.3) is 208 Å². The fourth-order valence-electron chi connectivity index (χ4n) is 20.1. The lowest BCUT2D eigenvalue weighted by Gasteiger charge is -2.23. The number of hydrogen-bond acceptors (Lipinski definition) is 0. The number of hydrogen-bond donors (Lipinski definition) is 0. The summed E-state index contributed by atoms with van der Waals surface area (Å²) >= 11 is 0. The lowest BCUT2D eigenvalue weighted by atomic mass is 9.80. The molecule has 0 nitrogen and oxygen atoms in total. The van der Waals surface area contributed by atoms with Crippen LogP contribution in [0.4, 0.5) is 0 Å². The van der Waals surface area contributed by atoms with E-state index in [0.29, 0.717) is 0 Å². The van der Waals surface area contributed by atoms with Gasteiger partial charge in [-0.15, -0.1) is 0 Å². The van der Waals surface area contributed by atoms with E-state index >= 15 is 0 Å². The summed E-state index contributed by atoms with van der Waals surface area (Å²) in [5.41, 5.74) is 28.5. The van der Waals surface area contributed by atoms with Crippen molar-refractivity contribution in [2.45, 2.75) is 38.5 Å². The van der Waals surface area contributed by atoms with Gasteiger partial charge in [0.25, 0.3) is 0 Å². The molecule has 0 atom stereocenters. The van der Waals surface area contributed by atoms with Crippen molar-refractivity contribution in [3.05, 3.63) is 411 Å². The van der Waals surface area contributed by atoms with Crippen LogP contribution in [0.15, 0.2) is 388 Å². The predicted octanol–water partition coefficient (Wildman–Crippen LogP) is 31.2. The molecule has 524 valence electrons. The molecule has 2 aliphatic rings. The Morgan fingerprint density at radius 3 is 0.714 bits per heavy atom. The standard InChI is InChI=1S/C59H40.C53H36/c1-59(2)55-34-31-43(35-53(55)52-33-29-41-15-5-8-20-46(41)58(52)59)38-27-25-37(26-28-38)42-30-32-51-54(36-42)57(48-24-12-17-40-14-4-7-19-45(40)48)50-22-10-9-21-49(50)56(51)47-23-11-16-39-13-3-6-18-44(39)47;1-53(2)49-30-27-37(31-47(49)46-29-25-35-15-5-8-20-40(35)52(46)53)36-26-28-45-48(32-36)51(42-24-12-17-34-14-4-7-19-39(34)42)44-22-10-9-21-43(44)50(45)41-23-11-16-33-13-3-6-18-38(33)41/h3-36H,1-2H3;3-32H,1-2H3. The van der Waals surface area contributed by atoms with Crippen molar-refractivity contribution in [3.63, 3.8) is 0 Å².